The van der Waals surface area contributed by atoms with Gasteiger partial charge in [0, 0.05) is 11.9 Å². The Kier molecular flexibility index (Phi) is 3.19. The summed E-state index contributed by atoms with van der Waals surface area (Å²) in [5.74, 6) is 0.806. The normalized spacial score (nSPS) is 11.5. The summed E-state index contributed by atoms with van der Waals surface area (Å²) >= 11 is 1.48. The number of aliphatic imine (C=N–C) groups is 1. The molecule has 0 saturated heterocycles. The molecule has 0 unspecified atom stereocenters. The summed E-state index contributed by atoms with van der Waals surface area (Å²) in [6, 6.07) is 1.95. The fourth-order valence-electron chi connectivity index (χ4n) is 0.968. The van der Waals surface area contributed by atoms with Gasteiger partial charge in [0.2, 0.25) is 0 Å². The Morgan fingerprint density at radius 3 is 2.92 bits per heavy atom. The molecule has 0 aliphatic rings. The average Bonchev–Trinajstić information content (AvgIpc) is 2.46. The first-order chi connectivity index (χ1) is 6.17. The zero-order chi connectivity index (χ0) is 9.84. The Morgan fingerprint density at radius 2 is 2.38 bits per heavy atom. The lowest BCUT2D eigenvalue weighted by Crippen LogP contribution is -2.06. The van der Waals surface area contributed by atoms with E-state index in [0.29, 0.717) is 0 Å². The molecule has 0 aliphatic carbocycles. The van der Waals surface area contributed by atoms with E-state index in [0.717, 1.165) is 27.6 Å². The van der Waals surface area contributed by atoms with Crippen LogP contribution in [0.1, 0.15) is 21.5 Å². The van der Waals surface area contributed by atoms with Crippen molar-refractivity contribution in [2.24, 2.45) is 4.99 Å². The highest BCUT2D eigenvalue weighted by Crippen LogP contribution is 2.24. The van der Waals surface area contributed by atoms with Crippen molar-refractivity contribution in [1.29, 1.82) is 0 Å². The van der Waals surface area contributed by atoms with Gasteiger partial charge in [-0.05, 0) is 19.9 Å². The highest BCUT2D eigenvalue weighted by molar-refractivity contribution is 7.14. The van der Waals surface area contributed by atoms with Crippen molar-refractivity contribution in [3.63, 3.8) is 0 Å². The fourth-order valence-corrected chi connectivity index (χ4v) is 1.76. The minimum Gasteiger partial charge on any atom is -0.343 e. The Balaban J connectivity index is 2.93. The van der Waals surface area contributed by atoms with Crippen LogP contribution in [0.25, 0.3) is 0 Å². The summed E-state index contributed by atoms with van der Waals surface area (Å²) < 4.78 is 0. The molecule has 1 aromatic rings. The number of carbonyl (C=O) groups excluding carboxylic acids is 1. The molecule has 0 aliphatic heterocycles. The van der Waals surface area contributed by atoms with Crippen LogP contribution in [-0.4, -0.2) is 19.2 Å². The van der Waals surface area contributed by atoms with Gasteiger partial charge in [-0.1, -0.05) is 0 Å². The number of aldehydes is 1. The number of thiophene rings is 1. The molecule has 0 amide bonds. The number of aryl methyl sites for hydroxylation is 1. The zero-order valence-corrected chi connectivity index (χ0v) is 8.73. The van der Waals surface area contributed by atoms with Crippen molar-refractivity contribution in [3.05, 3.63) is 15.8 Å². The van der Waals surface area contributed by atoms with E-state index in [1.54, 1.807) is 7.05 Å². The van der Waals surface area contributed by atoms with Gasteiger partial charge in [0.05, 0.1) is 16.4 Å². The maximum atomic E-state index is 10.6. The average molecular weight is 196 g/mol. The van der Waals surface area contributed by atoms with E-state index >= 15 is 0 Å². The van der Waals surface area contributed by atoms with E-state index in [2.05, 4.69) is 10.3 Å². The largest absolute Gasteiger partial charge is 0.343 e. The molecule has 0 fully saturated rings. The Labute approximate surface area is 81.5 Å². The van der Waals surface area contributed by atoms with Gasteiger partial charge >= 0.3 is 0 Å². The number of amidine groups is 1. The van der Waals surface area contributed by atoms with E-state index in [1.807, 2.05) is 19.9 Å². The monoisotopic (exact) mass is 196 g/mol. The Morgan fingerprint density at radius 1 is 1.69 bits per heavy atom. The lowest BCUT2D eigenvalue weighted by atomic mass is 10.3. The highest BCUT2D eigenvalue weighted by Gasteiger charge is 2.05. The summed E-state index contributed by atoms with van der Waals surface area (Å²) in [5.41, 5.74) is 0.848. The van der Waals surface area contributed by atoms with E-state index in [4.69, 9.17) is 0 Å². The molecule has 1 N–H and O–H groups in total. The van der Waals surface area contributed by atoms with Gasteiger partial charge in [-0.3, -0.25) is 9.79 Å². The summed E-state index contributed by atoms with van der Waals surface area (Å²) in [6.07, 6.45) is 0.864. The molecule has 13 heavy (non-hydrogen) atoms. The van der Waals surface area contributed by atoms with Crippen molar-refractivity contribution in [2.75, 3.05) is 12.4 Å². The van der Waals surface area contributed by atoms with Gasteiger partial charge in [-0.25, -0.2) is 0 Å². The first-order valence-corrected chi connectivity index (χ1v) is 4.75. The quantitative estimate of drug-likeness (QED) is 0.448. The lowest BCUT2D eigenvalue weighted by Gasteiger charge is -2.01. The van der Waals surface area contributed by atoms with Crippen LogP contribution in [0.3, 0.4) is 0 Å². The summed E-state index contributed by atoms with van der Waals surface area (Å²) in [6.45, 7) is 3.84. The smallest absolute Gasteiger partial charge is 0.162 e. The van der Waals surface area contributed by atoms with Crippen molar-refractivity contribution in [1.82, 2.24) is 0 Å². The van der Waals surface area contributed by atoms with Crippen LogP contribution in [0.15, 0.2) is 11.1 Å². The first kappa shape index (κ1) is 9.92. The number of anilines is 1. The van der Waals surface area contributed by atoms with E-state index in [1.165, 1.54) is 11.3 Å². The summed E-state index contributed by atoms with van der Waals surface area (Å²) in [7, 11) is 1.71. The molecule has 0 spiro atoms. The molecule has 0 radical (unpaired) electrons. The second-order valence-corrected chi connectivity index (χ2v) is 3.97. The van der Waals surface area contributed by atoms with Crippen LogP contribution in [0.2, 0.25) is 0 Å². The highest BCUT2D eigenvalue weighted by atomic mass is 32.1. The number of carbonyl (C=O) groups is 1. The minimum atomic E-state index is 0.723. The van der Waals surface area contributed by atoms with Crippen molar-refractivity contribution in [3.8, 4) is 0 Å². The van der Waals surface area contributed by atoms with Crippen LogP contribution < -0.4 is 5.32 Å². The molecule has 0 atom stereocenters. The molecule has 1 heterocycles. The van der Waals surface area contributed by atoms with E-state index in [-0.39, 0.29) is 0 Å². The maximum Gasteiger partial charge on any atom is 0.162 e. The van der Waals surface area contributed by atoms with Gasteiger partial charge < -0.3 is 5.32 Å². The minimum absolute atomic E-state index is 0.723. The predicted molar refractivity (Wildman–Crippen MR) is 57.1 cm³/mol. The topological polar surface area (TPSA) is 41.5 Å². The van der Waals surface area contributed by atoms with Crippen LogP contribution in [0.5, 0.6) is 0 Å². The lowest BCUT2D eigenvalue weighted by molar-refractivity contribution is 0.112. The van der Waals surface area contributed by atoms with Crippen LogP contribution in [-0.2, 0) is 0 Å². The van der Waals surface area contributed by atoms with Crippen LogP contribution in [0.4, 0.5) is 5.69 Å². The predicted octanol–water partition coefficient (Wildman–Crippen LogP) is 2.33. The summed E-state index contributed by atoms with van der Waals surface area (Å²) in [5, 5.41) is 3.06. The van der Waals surface area contributed by atoms with E-state index < -0.39 is 0 Å². The zero-order valence-electron chi connectivity index (χ0n) is 7.92. The molecule has 4 heteroatoms. The summed E-state index contributed by atoms with van der Waals surface area (Å²) in [4.78, 5) is 16.4. The van der Waals surface area contributed by atoms with Crippen molar-refractivity contribution >= 4 is 29.1 Å². The first-order valence-electron chi connectivity index (χ1n) is 3.93. The molecule has 0 saturated carbocycles. The molecule has 0 aromatic carbocycles. The van der Waals surface area contributed by atoms with Gasteiger partial charge in [-0.15, -0.1) is 11.3 Å². The second kappa shape index (κ2) is 4.18. The van der Waals surface area contributed by atoms with Crippen molar-refractivity contribution in [2.45, 2.75) is 13.8 Å². The molecule has 0 bridgehead atoms. The standard InChI is InChI=1S/C9H12N2OS/c1-6-4-8(9(5-12)13-6)11-7(2)10-3/h4-5H,1-3H3,(H,10,11). The van der Waals surface area contributed by atoms with Crippen molar-refractivity contribution < 1.29 is 4.79 Å². The maximum absolute atomic E-state index is 10.6. The third-order valence-electron chi connectivity index (χ3n) is 1.64. The Hall–Kier alpha value is -1.16. The molecule has 3 nitrogen and oxygen atoms in total. The van der Waals surface area contributed by atoms with Gasteiger partial charge in [0.25, 0.3) is 0 Å². The third kappa shape index (κ3) is 2.39. The molecule has 70 valence electrons. The van der Waals surface area contributed by atoms with Gasteiger partial charge in [-0.2, -0.15) is 0 Å². The molecule has 1 rings (SSSR count). The third-order valence-corrected chi connectivity index (χ3v) is 2.62. The molecule has 1 aromatic heterocycles. The number of hydrogen-bond acceptors (Lipinski definition) is 3. The van der Waals surface area contributed by atoms with Gasteiger partial charge in [0.15, 0.2) is 6.29 Å². The van der Waals surface area contributed by atoms with E-state index in [9.17, 15) is 4.79 Å². The number of nitrogens with one attached hydrogen (secondary N) is 1. The second-order valence-electron chi connectivity index (χ2n) is 2.69. The number of nitrogens with zero attached hydrogens (tertiary/aromatic N) is 1. The number of hydrogen-bond donors (Lipinski definition) is 1. The van der Waals surface area contributed by atoms with Crippen LogP contribution in [0, 0.1) is 6.92 Å². The molecular weight excluding hydrogens is 184 g/mol. The molecular formula is C9H12N2OS. The fraction of sp³-hybridized carbons (Fsp3) is 0.333. The van der Waals surface area contributed by atoms with Gasteiger partial charge in [0.1, 0.15) is 0 Å². The SMILES string of the molecule is CN=C(C)Nc1cc(C)sc1C=O. The Bertz CT molecular complexity index is 341. The van der Waals surface area contributed by atoms with Crippen LogP contribution >= 0.6 is 11.3 Å². The number of rotatable bonds is 2.